The molecule has 2 rings (SSSR count). The number of hydrogen-bond acceptors (Lipinski definition) is 2. The molecule has 0 aromatic rings. The number of halogens is 2. The van der Waals surface area contributed by atoms with Crippen molar-refractivity contribution in [2.45, 2.75) is 12.8 Å². The van der Waals surface area contributed by atoms with Crippen LogP contribution in [0.15, 0.2) is 35.5 Å². The first kappa shape index (κ1) is 26.3. The third-order valence-electron chi connectivity index (χ3n) is 2.51. The van der Waals surface area contributed by atoms with Gasteiger partial charge in [-0.2, -0.15) is 12.2 Å². The van der Waals surface area contributed by atoms with Crippen molar-refractivity contribution < 1.29 is 26.2 Å². The van der Waals surface area contributed by atoms with Crippen LogP contribution in [0.25, 0.3) is 0 Å². The van der Waals surface area contributed by atoms with Crippen LogP contribution in [0, 0.1) is 12.2 Å². The largest absolute Gasteiger partial charge is 2.00 e. The van der Waals surface area contributed by atoms with Gasteiger partial charge in [0.05, 0.1) is 0 Å². The first-order valence-electron chi connectivity index (χ1n) is 6.40. The van der Waals surface area contributed by atoms with Gasteiger partial charge in [0.15, 0.2) is 0 Å². The van der Waals surface area contributed by atoms with Gasteiger partial charge in [-0.1, -0.05) is 0 Å². The SMILES string of the molecule is CN(C)CC1=[C-]CC=C1.CN(C)CC1=[C-]CC=C1.Cl.Cl.[Zr+2]. The van der Waals surface area contributed by atoms with E-state index < -0.39 is 0 Å². The standard InChI is InChI=1S/2C8H12N.2ClH.Zr/c2*1-9(2)7-8-5-3-4-6-8;;;/h2*3,5H,4,7H2,1-2H3;2*1H;/q2*-1;;;+2. The molecule has 0 aliphatic heterocycles. The van der Waals surface area contributed by atoms with Gasteiger partial charge in [-0.15, -0.1) is 37.7 Å². The molecule has 0 unspecified atom stereocenters. The average molecular weight is 409 g/mol. The Morgan fingerprint density at radius 1 is 0.810 bits per heavy atom. The molecule has 0 atom stereocenters. The van der Waals surface area contributed by atoms with Crippen LogP contribution in [-0.4, -0.2) is 51.1 Å². The fourth-order valence-corrected chi connectivity index (χ4v) is 1.80. The van der Waals surface area contributed by atoms with Gasteiger partial charge in [-0.3, -0.25) is 12.2 Å². The van der Waals surface area contributed by atoms with Gasteiger partial charge in [0.1, 0.15) is 0 Å². The van der Waals surface area contributed by atoms with Gasteiger partial charge in [0.2, 0.25) is 0 Å². The smallest absolute Gasteiger partial charge is 0.308 e. The van der Waals surface area contributed by atoms with Crippen molar-refractivity contribution in [2.24, 2.45) is 0 Å². The summed E-state index contributed by atoms with van der Waals surface area (Å²) in [4.78, 5) is 4.30. The summed E-state index contributed by atoms with van der Waals surface area (Å²) < 4.78 is 0. The molecule has 5 heteroatoms. The molecular formula is C16H26Cl2N2Zr. The van der Waals surface area contributed by atoms with Gasteiger partial charge in [0, 0.05) is 0 Å². The molecule has 0 saturated carbocycles. The van der Waals surface area contributed by atoms with Crippen molar-refractivity contribution in [3.8, 4) is 0 Å². The Hall–Kier alpha value is 0.343. The Morgan fingerprint density at radius 2 is 1.14 bits per heavy atom. The molecule has 0 saturated heterocycles. The van der Waals surface area contributed by atoms with Crippen molar-refractivity contribution in [3.63, 3.8) is 0 Å². The molecule has 0 heterocycles. The zero-order valence-corrected chi connectivity index (χ0v) is 17.4. The molecule has 0 aromatic carbocycles. The molecule has 0 radical (unpaired) electrons. The summed E-state index contributed by atoms with van der Waals surface area (Å²) in [7, 11) is 8.28. The first-order chi connectivity index (χ1) is 8.58. The first-order valence-corrected chi connectivity index (χ1v) is 6.40. The summed E-state index contributed by atoms with van der Waals surface area (Å²) in [5.74, 6) is 0. The number of allylic oxidation sites excluding steroid dienone is 4. The third kappa shape index (κ3) is 13.7. The zero-order chi connectivity index (χ0) is 13.4. The molecule has 0 spiro atoms. The summed E-state index contributed by atoms with van der Waals surface area (Å²) in [5.41, 5.74) is 2.64. The monoisotopic (exact) mass is 406 g/mol. The number of hydrogen-bond donors (Lipinski definition) is 0. The molecule has 2 aliphatic rings. The molecule has 2 aliphatic carbocycles. The number of likely N-dealkylation sites (N-methyl/N-ethyl adjacent to an activating group) is 2. The van der Waals surface area contributed by atoms with Crippen molar-refractivity contribution in [1.29, 1.82) is 0 Å². The maximum atomic E-state index is 3.25. The second-order valence-corrected chi connectivity index (χ2v) is 5.09. The fraction of sp³-hybridized carbons (Fsp3) is 0.500. The average Bonchev–Trinajstić information content (AvgIpc) is 2.90. The number of rotatable bonds is 4. The molecular weight excluding hydrogens is 382 g/mol. The number of nitrogens with zero attached hydrogens (tertiary/aromatic N) is 2. The van der Waals surface area contributed by atoms with E-state index in [4.69, 9.17) is 0 Å². The molecule has 0 N–H and O–H groups in total. The van der Waals surface area contributed by atoms with Crippen LogP contribution >= 0.6 is 24.8 Å². The Morgan fingerprint density at radius 3 is 1.33 bits per heavy atom. The Balaban J connectivity index is -0.000000270. The summed E-state index contributed by atoms with van der Waals surface area (Å²) in [6.45, 7) is 2.05. The summed E-state index contributed by atoms with van der Waals surface area (Å²) in [6.07, 6.45) is 17.1. The van der Waals surface area contributed by atoms with Gasteiger partial charge in [-0.05, 0) is 41.3 Å². The van der Waals surface area contributed by atoms with Crippen molar-refractivity contribution in [1.82, 2.24) is 9.80 Å². The van der Waals surface area contributed by atoms with E-state index in [2.05, 4.69) is 74.4 Å². The maximum absolute atomic E-state index is 3.25. The van der Waals surface area contributed by atoms with Gasteiger partial charge in [0.25, 0.3) is 0 Å². The molecule has 2 nitrogen and oxygen atoms in total. The fourth-order valence-electron chi connectivity index (χ4n) is 1.80. The minimum Gasteiger partial charge on any atom is -0.308 e. The van der Waals surface area contributed by atoms with E-state index in [1.165, 1.54) is 11.1 Å². The Kier molecular flexibility index (Phi) is 19.1. The summed E-state index contributed by atoms with van der Waals surface area (Å²) in [5, 5.41) is 0. The molecule has 0 fully saturated rings. The van der Waals surface area contributed by atoms with E-state index in [-0.39, 0.29) is 51.0 Å². The normalized spacial score (nSPS) is 14.6. The molecule has 118 valence electrons. The van der Waals surface area contributed by atoms with E-state index >= 15 is 0 Å². The quantitative estimate of drug-likeness (QED) is 0.659. The molecule has 21 heavy (non-hydrogen) atoms. The van der Waals surface area contributed by atoms with Crippen molar-refractivity contribution in [3.05, 3.63) is 47.6 Å². The molecule has 0 amide bonds. The van der Waals surface area contributed by atoms with Crippen molar-refractivity contribution >= 4 is 24.8 Å². The van der Waals surface area contributed by atoms with Crippen LogP contribution < -0.4 is 0 Å². The third-order valence-corrected chi connectivity index (χ3v) is 2.51. The van der Waals surface area contributed by atoms with Crippen LogP contribution in [0.2, 0.25) is 0 Å². The topological polar surface area (TPSA) is 6.48 Å². The van der Waals surface area contributed by atoms with Gasteiger partial charge in [-0.25, -0.2) is 23.3 Å². The predicted octanol–water partition coefficient (Wildman–Crippen LogP) is 3.32. The van der Waals surface area contributed by atoms with Gasteiger partial charge >= 0.3 is 26.2 Å². The zero-order valence-electron chi connectivity index (χ0n) is 13.3. The van der Waals surface area contributed by atoms with Crippen LogP contribution in [-0.2, 0) is 26.2 Å². The van der Waals surface area contributed by atoms with Crippen LogP contribution in [0.1, 0.15) is 12.8 Å². The minimum atomic E-state index is 0. The predicted molar refractivity (Wildman–Crippen MR) is 92.6 cm³/mol. The summed E-state index contributed by atoms with van der Waals surface area (Å²) >= 11 is 0. The maximum Gasteiger partial charge on any atom is 2.00 e. The Bertz CT molecular complexity index is 336. The molecule has 0 aromatic heterocycles. The van der Waals surface area contributed by atoms with Crippen LogP contribution in [0.5, 0.6) is 0 Å². The molecule has 0 bridgehead atoms. The van der Waals surface area contributed by atoms with E-state index in [9.17, 15) is 0 Å². The van der Waals surface area contributed by atoms with Crippen LogP contribution in [0.3, 0.4) is 0 Å². The minimum absolute atomic E-state index is 0. The second kappa shape index (κ2) is 15.2. The second-order valence-electron chi connectivity index (χ2n) is 5.09. The van der Waals surface area contributed by atoms with E-state index in [1.54, 1.807) is 0 Å². The van der Waals surface area contributed by atoms with Gasteiger partial charge < -0.3 is 9.80 Å². The van der Waals surface area contributed by atoms with E-state index in [0.717, 1.165) is 25.9 Å². The Labute approximate surface area is 162 Å². The van der Waals surface area contributed by atoms with Crippen molar-refractivity contribution in [2.75, 3.05) is 41.3 Å². The summed E-state index contributed by atoms with van der Waals surface area (Å²) in [6, 6.07) is 0. The van der Waals surface area contributed by atoms with Crippen LogP contribution in [0.4, 0.5) is 0 Å². The van der Waals surface area contributed by atoms with E-state index in [1.807, 2.05) is 0 Å². The van der Waals surface area contributed by atoms with E-state index in [0.29, 0.717) is 0 Å².